The molecule has 116 valence electrons. The van der Waals surface area contributed by atoms with Crippen molar-refractivity contribution in [2.24, 2.45) is 0 Å². The minimum Gasteiger partial charge on any atom is -0.482 e. The van der Waals surface area contributed by atoms with Crippen LogP contribution in [0.1, 0.15) is 25.3 Å². The van der Waals surface area contributed by atoms with Crippen molar-refractivity contribution >= 4 is 11.9 Å². The van der Waals surface area contributed by atoms with Crippen molar-refractivity contribution in [1.29, 1.82) is 0 Å². The first-order chi connectivity index (χ1) is 10.1. The number of esters is 1. The van der Waals surface area contributed by atoms with E-state index in [1.54, 1.807) is 18.2 Å². The Hall–Kier alpha value is -2.08. The number of ether oxygens (including phenoxy) is 2. The molecule has 0 aromatic heterocycles. The van der Waals surface area contributed by atoms with E-state index in [2.05, 4.69) is 5.32 Å². The first kappa shape index (κ1) is 17.0. The predicted octanol–water partition coefficient (Wildman–Crippen LogP) is 1.58. The number of carbonyl (C=O) groups is 2. The Morgan fingerprint density at radius 2 is 2.14 bits per heavy atom. The van der Waals surface area contributed by atoms with Gasteiger partial charge in [0.15, 0.2) is 6.61 Å². The molecule has 21 heavy (non-hydrogen) atoms. The number of carboxylic acid groups (broad SMARTS) is 1. The highest BCUT2D eigenvalue weighted by molar-refractivity contribution is 5.71. The van der Waals surface area contributed by atoms with Crippen molar-refractivity contribution in [1.82, 2.24) is 5.32 Å². The van der Waals surface area contributed by atoms with Crippen LogP contribution in [0.4, 0.5) is 0 Å². The number of carbonyl (C=O) groups excluding carboxylic acids is 1. The highest BCUT2D eigenvalue weighted by Crippen LogP contribution is 2.13. The molecule has 0 unspecified atom stereocenters. The summed E-state index contributed by atoms with van der Waals surface area (Å²) in [6.45, 7) is 2.63. The van der Waals surface area contributed by atoms with Crippen molar-refractivity contribution in [3.63, 3.8) is 0 Å². The van der Waals surface area contributed by atoms with Gasteiger partial charge in [0, 0.05) is 6.54 Å². The van der Waals surface area contributed by atoms with Gasteiger partial charge in [0.25, 0.3) is 0 Å². The fraction of sp³-hybridized carbons (Fsp3) is 0.467. The standard InChI is InChI=1S/C15H21NO5/c1-2-3-7-20-15(19)11-21-13-6-4-5-12(8-13)9-16-10-14(17)18/h4-6,8,16H,2-3,7,9-11H2,1H3,(H,17,18). The molecule has 0 aliphatic heterocycles. The minimum absolute atomic E-state index is 0.102. The van der Waals surface area contributed by atoms with E-state index in [0.29, 0.717) is 18.9 Å². The molecule has 0 saturated heterocycles. The van der Waals surface area contributed by atoms with Crippen molar-refractivity contribution in [2.75, 3.05) is 19.8 Å². The maximum atomic E-state index is 11.4. The van der Waals surface area contributed by atoms with Gasteiger partial charge in [0.1, 0.15) is 5.75 Å². The van der Waals surface area contributed by atoms with Crippen LogP contribution in [-0.4, -0.2) is 36.8 Å². The van der Waals surface area contributed by atoms with Gasteiger partial charge in [-0.1, -0.05) is 25.5 Å². The molecule has 0 amide bonds. The van der Waals surface area contributed by atoms with Gasteiger partial charge in [0.05, 0.1) is 13.2 Å². The molecule has 0 heterocycles. The van der Waals surface area contributed by atoms with Gasteiger partial charge < -0.3 is 19.9 Å². The second-order valence-corrected chi connectivity index (χ2v) is 4.51. The van der Waals surface area contributed by atoms with Crippen LogP contribution >= 0.6 is 0 Å². The quantitative estimate of drug-likeness (QED) is 0.503. The Kier molecular flexibility index (Phi) is 7.89. The van der Waals surface area contributed by atoms with E-state index in [9.17, 15) is 9.59 Å². The average Bonchev–Trinajstić information content (AvgIpc) is 2.45. The van der Waals surface area contributed by atoms with E-state index in [1.807, 2.05) is 13.0 Å². The molecule has 0 aliphatic rings. The molecule has 0 radical (unpaired) electrons. The van der Waals surface area contributed by atoms with E-state index in [0.717, 1.165) is 18.4 Å². The topological polar surface area (TPSA) is 84.9 Å². The third-order valence-corrected chi connectivity index (χ3v) is 2.62. The molecular formula is C15H21NO5. The van der Waals surface area contributed by atoms with Gasteiger partial charge in [-0.15, -0.1) is 0 Å². The van der Waals surface area contributed by atoms with Gasteiger partial charge in [-0.25, -0.2) is 4.79 Å². The van der Waals surface area contributed by atoms with Crippen LogP contribution in [0.25, 0.3) is 0 Å². The summed E-state index contributed by atoms with van der Waals surface area (Å²) >= 11 is 0. The number of unbranched alkanes of at least 4 members (excludes halogenated alkanes) is 1. The summed E-state index contributed by atoms with van der Waals surface area (Å²) in [5, 5.41) is 11.3. The average molecular weight is 295 g/mol. The van der Waals surface area contributed by atoms with Crippen molar-refractivity contribution in [3.8, 4) is 5.75 Å². The Balaban J connectivity index is 2.34. The highest BCUT2D eigenvalue weighted by Gasteiger charge is 2.04. The van der Waals surface area contributed by atoms with Gasteiger partial charge >= 0.3 is 11.9 Å². The Bertz CT molecular complexity index is 461. The van der Waals surface area contributed by atoms with E-state index in [-0.39, 0.29) is 13.2 Å². The zero-order valence-electron chi connectivity index (χ0n) is 12.1. The van der Waals surface area contributed by atoms with Crippen LogP contribution in [-0.2, 0) is 20.9 Å². The number of rotatable bonds is 10. The van der Waals surface area contributed by atoms with E-state index in [1.165, 1.54) is 0 Å². The Morgan fingerprint density at radius 3 is 2.86 bits per heavy atom. The third-order valence-electron chi connectivity index (χ3n) is 2.62. The van der Waals surface area contributed by atoms with Crippen LogP contribution in [0.5, 0.6) is 5.75 Å². The number of nitrogens with one attached hydrogen (secondary N) is 1. The summed E-state index contributed by atoms with van der Waals surface area (Å²) in [6.07, 6.45) is 1.82. The molecule has 0 spiro atoms. The molecule has 0 bridgehead atoms. The second kappa shape index (κ2) is 9.77. The second-order valence-electron chi connectivity index (χ2n) is 4.51. The van der Waals surface area contributed by atoms with Gasteiger partial charge in [-0.3, -0.25) is 4.79 Å². The Morgan fingerprint density at radius 1 is 1.33 bits per heavy atom. The lowest BCUT2D eigenvalue weighted by atomic mass is 10.2. The molecule has 0 fully saturated rings. The highest BCUT2D eigenvalue weighted by atomic mass is 16.6. The maximum absolute atomic E-state index is 11.4. The normalized spacial score (nSPS) is 10.1. The predicted molar refractivity (Wildman–Crippen MR) is 77.1 cm³/mol. The lowest BCUT2D eigenvalue weighted by molar-refractivity contribution is -0.146. The van der Waals surface area contributed by atoms with Crippen molar-refractivity contribution in [3.05, 3.63) is 29.8 Å². The monoisotopic (exact) mass is 295 g/mol. The molecule has 0 aliphatic carbocycles. The number of aliphatic carboxylic acids is 1. The smallest absolute Gasteiger partial charge is 0.344 e. The van der Waals surface area contributed by atoms with E-state index in [4.69, 9.17) is 14.6 Å². The van der Waals surface area contributed by atoms with Crippen LogP contribution < -0.4 is 10.1 Å². The fourth-order valence-electron chi connectivity index (χ4n) is 1.57. The molecule has 2 N–H and O–H groups in total. The fourth-order valence-corrected chi connectivity index (χ4v) is 1.57. The molecular weight excluding hydrogens is 274 g/mol. The third kappa shape index (κ3) is 7.94. The maximum Gasteiger partial charge on any atom is 0.344 e. The molecule has 1 aromatic carbocycles. The summed E-state index contributed by atoms with van der Waals surface area (Å²) < 4.78 is 10.3. The van der Waals surface area contributed by atoms with Crippen LogP contribution in [0.3, 0.4) is 0 Å². The first-order valence-electron chi connectivity index (χ1n) is 6.91. The first-order valence-corrected chi connectivity index (χ1v) is 6.91. The number of hydrogen-bond donors (Lipinski definition) is 2. The van der Waals surface area contributed by atoms with Crippen molar-refractivity contribution < 1.29 is 24.2 Å². The summed E-state index contributed by atoms with van der Waals surface area (Å²) in [6, 6.07) is 7.13. The molecule has 6 nitrogen and oxygen atoms in total. The molecule has 0 saturated carbocycles. The van der Waals surface area contributed by atoms with Crippen molar-refractivity contribution in [2.45, 2.75) is 26.3 Å². The van der Waals surface area contributed by atoms with Crippen LogP contribution in [0.15, 0.2) is 24.3 Å². The van der Waals surface area contributed by atoms with E-state index < -0.39 is 11.9 Å². The Labute approximate surface area is 124 Å². The summed E-state index contributed by atoms with van der Waals surface area (Å²) in [5.74, 6) is -0.743. The number of hydrogen-bond acceptors (Lipinski definition) is 5. The lowest BCUT2D eigenvalue weighted by Gasteiger charge is -2.08. The van der Waals surface area contributed by atoms with Crippen LogP contribution in [0, 0.1) is 0 Å². The van der Waals surface area contributed by atoms with Gasteiger partial charge in [0.2, 0.25) is 0 Å². The van der Waals surface area contributed by atoms with Crippen LogP contribution in [0.2, 0.25) is 0 Å². The lowest BCUT2D eigenvalue weighted by Crippen LogP contribution is -2.21. The summed E-state index contributed by atoms with van der Waals surface area (Å²) in [4.78, 5) is 21.8. The van der Waals surface area contributed by atoms with Gasteiger partial charge in [-0.05, 0) is 24.1 Å². The summed E-state index contributed by atoms with van der Waals surface area (Å²) in [5.41, 5.74) is 0.883. The molecule has 0 atom stereocenters. The minimum atomic E-state index is -0.905. The SMILES string of the molecule is CCCCOC(=O)COc1cccc(CNCC(=O)O)c1. The number of benzene rings is 1. The largest absolute Gasteiger partial charge is 0.482 e. The zero-order valence-corrected chi connectivity index (χ0v) is 12.1. The van der Waals surface area contributed by atoms with E-state index >= 15 is 0 Å². The number of carboxylic acids is 1. The molecule has 6 heteroatoms. The molecule has 1 rings (SSSR count). The van der Waals surface area contributed by atoms with Gasteiger partial charge in [-0.2, -0.15) is 0 Å². The molecule has 1 aromatic rings. The summed E-state index contributed by atoms with van der Waals surface area (Å²) in [7, 11) is 0. The zero-order chi connectivity index (χ0) is 15.5.